The first-order valence-electron chi connectivity index (χ1n) is 8.56. The third-order valence-electron chi connectivity index (χ3n) is 4.89. The zero-order chi connectivity index (χ0) is 17.4. The summed E-state index contributed by atoms with van der Waals surface area (Å²) in [6, 6.07) is 7.46. The number of aromatic nitrogens is 2. The van der Waals surface area contributed by atoms with Crippen molar-refractivity contribution in [1.29, 1.82) is 5.26 Å². The zero-order valence-electron chi connectivity index (χ0n) is 13.8. The van der Waals surface area contributed by atoms with Gasteiger partial charge in [-0.2, -0.15) is 10.2 Å². The van der Waals surface area contributed by atoms with E-state index >= 15 is 0 Å². The molecule has 4 rings (SSSR count). The van der Waals surface area contributed by atoms with Crippen LogP contribution in [0.2, 0.25) is 5.02 Å². The van der Waals surface area contributed by atoms with Crippen molar-refractivity contribution in [3.63, 3.8) is 0 Å². The molecule has 0 amide bonds. The van der Waals surface area contributed by atoms with E-state index in [1.54, 1.807) is 18.2 Å². The highest BCUT2D eigenvalue weighted by Gasteiger charge is 2.37. The SMILES string of the molecule is N#Cc1cccc(Cl)c1N1CCCC(O)(Cc2nc(C3CC3)no2)C1. The number of β-amino-alcohol motifs (C(OH)–C–C–N with tert-alkyl or cyclic N) is 1. The largest absolute Gasteiger partial charge is 0.388 e. The lowest BCUT2D eigenvalue weighted by molar-refractivity contribution is 0.0193. The standard InChI is InChI=1S/C18H19ClN4O2/c19-14-4-1-3-13(10-20)16(14)23-8-2-7-18(24,11-23)9-15-21-17(22-25-15)12-5-6-12/h1,3-4,12,24H,2,5-9,11H2. The molecule has 2 fully saturated rings. The Hall–Kier alpha value is -2.10. The van der Waals surface area contributed by atoms with Gasteiger partial charge in [0, 0.05) is 19.0 Å². The van der Waals surface area contributed by atoms with Crippen molar-refractivity contribution < 1.29 is 9.63 Å². The average molecular weight is 359 g/mol. The molecule has 1 aliphatic carbocycles. The highest BCUT2D eigenvalue weighted by Crippen LogP contribution is 2.39. The van der Waals surface area contributed by atoms with Crippen LogP contribution in [0.1, 0.15) is 48.9 Å². The predicted molar refractivity (Wildman–Crippen MR) is 92.5 cm³/mol. The molecule has 0 radical (unpaired) electrons. The Morgan fingerprint density at radius 3 is 3.04 bits per heavy atom. The number of rotatable bonds is 4. The molecule has 1 saturated carbocycles. The second-order valence-corrected chi connectivity index (χ2v) is 7.40. The molecule has 25 heavy (non-hydrogen) atoms. The molecule has 0 bridgehead atoms. The third kappa shape index (κ3) is 3.35. The molecule has 2 aliphatic rings. The maximum Gasteiger partial charge on any atom is 0.229 e. The first kappa shape index (κ1) is 16.4. The minimum Gasteiger partial charge on any atom is -0.388 e. The molecule has 1 aromatic carbocycles. The molecular weight excluding hydrogens is 340 g/mol. The number of anilines is 1. The minimum atomic E-state index is -0.975. The van der Waals surface area contributed by atoms with E-state index in [4.69, 9.17) is 16.1 Å². The van der Waals surface area contributed by atoms with Crippen LogP contribution in [0.25, 0.3) is 0 Å². The molecule has 0 spiro atoms. The van der Waals surface area contributed by atoms with Gasteiger partial charge in [0.25, 0.3) is 0 Å². The van der Waals surface area contributed by atoms with Gasteiger partial charge in [-0.05, 0) is 37.8 Å². The smallest absolute Gasteiger partial charge is 0.229 e. The van der Waals surface area contributed by atoms with Crippen LogP contribution in [-0.4, -0.2) is 33.9 Å². The second-order valence-electron chi connectivity index (χ2n) is 6.99. The van der Waals surface area contributed by atoms with Crippen molar-refractivity contribution in [2.75, 3.05) is 18.0 Å². The Labute approximate surface area is 151 Å². The summed E-state index contributed by atoms with van der Waals surface area (Å²) in [4.78, 5) is 6.41. The van der Waals surface area contributed by atoms with E-state index in [9.17, 15) is 10.4 Å². The molecule has 130 valence electrons. The molecule has 1 N–H and O–H groups in total. The lowest BCUT2D eigenvalue weighted by atomic mass is 9.89. The summed E-state index contributed by atoms with van der Waals surface area (Å²) in [7, 11) is 0. The predicted octanol–water partition coefficient (Wildman–Crippen LogP) is 3.05. The molecular formula is C18H19ClN4O2. The Balaban J connectivity index is 1.54. The van der Waals surface area contributed by atoms with Crippen LogP contribution in [-0.2, 0) is 6.42 Å². The number of hydrogen-bond donors (Lipinski definition) is 1. The van der Waals surface area contributed by atoms with Crippen molar-refractivity contribution in [2.45, 2.75) is 43.6 Å². The Bertz CT molecular complexity index is 827. The van der Waals surface area contributed by atoms with Crippen molar-refractivity contribution in [3.05, 3.63) is 40.5 Å². The maximum atomic E-state index is 11.1. The average Bonchev–Trinajstić information content (AvgIpc) is 3.34. The fraction of sp³-hybridized carbons (Fsp3) is 0.500. The summed E-state index contributed by atoms with van der Waals surface area (Å²) in [5, 5.41) is 25.0. The molecule has 1 aliphatic heterocycles. The van der Waals surface area contributed by atoms with Crippen LogP contribution >= 0.6 is 11.6 Å². The van der Waals surface area contributed by atoms with Gasteiger partial charge in [0.15, 0.2) is 5.82 Å². The number of benzene rings is 1. The summed E-state index contributed by atoms with van der Waals surface area (Å²) >= 11 is 6.32. The number of hydrogen-bond acceptors (Lipinski definition) is 6. The normalized spacial score (nSPS) is 23.5. The second kappa shape index (κ2) is 6.32. The number of aliphatic hydroxyl groups is 1. The fourth-order valence-corrected chi connectivity index (χ4v) is 3.80. The summed E-state index contributed by atoms with van der Waals surface area (Å²) in [6.07, 6.45) is 3.99. The third-order valence-corrected chi connectivity index (χ3v) is 5.19. The maximum absolute atomic E-state index is 11.1. The van der Waals surface area contributed by atoms with Gasteiger partial charge in [-0.3, -0.25) is 0 Å². The molecule has 1 saturated heterocycles. The highest BCUT2D eigenvalue weighted by atomic mass is 35.5. The van der Waals surface area contributed by atoms with Crippen molar-refractivity contribution in [2.24, 2.45) is 0 Å². The minimum absolute atomic E-state index is 0.315. The van der Waals surface area contributed by atoms with Crippen LogP contribution in [0.15, 0.2) is 22.7 Å². The summed E-state index contributed by atoms with van der Waals surface area (Å²) in [6.45, 7) is 1.13. The number of nitrogens with zero attached hydrogens (tertiary/aromatic N) is 4. The van der Waals surface area contributed by atoms with Crippen LogP contribution in [0.3, 0.4) is 0 Å². The topological polar surface area (TPSA) is 86.2 Å². The number of para-hydroxylation sites is 1. The van der Waals surface area contributed by atoms with Gasteiger partial charge in [-0.25, -0.2) is 0 Å². The van der Waals surface area contributed by atoms with E-state index in [0.717, 1.165) is 31.6 Å². The van der Waals surface area contributed by atoms with Crippen molar-refractivity contribution >= 4 is 17.3 Å². The van der Waals surface area contributed by atoms with E-state index < -0.39 is 5.60 Å². The summed E-state index contributed by atoms with van der Waals surface area (Å²) < 4.78 is 5.33. The molecule has 1 unspecified atom stereocenters. The molecule has 1 aromatic heterocycles. The van der Waals surface area contributed by atoms with Crippen molar-refractivity contribution in [3.8, 4) is 6.07 Å². The van der Waals surface area contributed by atoms with Crippen LogP contribution in [0, 0.1) is 11.3 Å². The molecule has 1 atom stereocenters. The monoisotopic (exact) mass is 358 g/mol. The van der Waals surface area contributed by atoms with Crippen LogP contribution < -0.4 is 4.90 Å². The zero-order valence-corrected chi connectivity index (χ0v) is 14.5. The lowest BCUT2D eigenvalue weighted by Crippen LogP contribution is -2.50. The highest BCUT2D eigenvalue weighted by molar-refractivity contribution is 6.33. The van der Waals surface area contributed by atoms with Gasteiger partial charge in [-0.15, -0.1) is 0 Å². The van der Waals surface area contributed by atoms with Gasteiger partial charge >= 0.3 is 0 Å². The molecule has 2 aromatic rings. The van der Waals surface area contributed by atoms with E-state index in [0.29, 0.717) is 47.5 Å². The van der Waals surface area contributed by atoms with E-state index in [2.05, 4.69) is 16.2 Å². The number of piperidine rings is 1. The van der Waals surface area contributed by atoms with E-state index in [1.807, 2.05) is 4.90 Å². The molecule has 7 heteroatoms. The fourth-order valence-electron chi connectivity index (χ4n) is 3.50. The Morgan fingerprint density at radius 1 is 1.44 bits per heavy atom. The summed E-state index contributed by atoms with van der Waals surface area (Å²) in [5.74, 6) is 1.66. The first-order valence-corrected chi connectivity index (χ1v) is 8.94. The van der Waals surface area contributed by atoms with Crippen LogP contribution in [0.4, 0.5) is 5.69 Å². The Kier molecular flexibility index (Phi) is 4.14. The molecule has 2 heterocycles. The van der Waals surface area contributed by atoms with Gasteiger partial charge in [0.2, 0.25) is 5.89 Å². The van der Waals surface area contributed by atoms with Crippen LogP contribution in [0.5, 0.6) is 0 Å². The first-order chi connectivity index (χ1) is 12.1. The van der Waals surface area contributed by atoms with Gasteiger partial charge < -0.3 is 14.5 Å². The van der Waals surface area contributed by atoms with Gasteiger partial charge in [0.1, 0.15) is 6.07 Å². The number of nitriles is 1. The lowest BCUT2D eigenvalue weighted by Gasteiger charge is -2.40. The summed E-state index contributed by atoms with van der Waals surface area (Å²) in [5.41, 5.74) is 0.233. The van der Waals surface area contributed by atoms with E-state index in [1.165, 1.54) is 0 Å². The molecule has 6 nitrogen and oxygen atoms in total. The quantitative estimate of drug-likeness (QED) is 0.904. The van der Waals surface area contributed by atoms with Gasteiger partial charge in [-0.1, -0.05) is 22.8 Å². The Morgan fingerprint density at radius 2 is 2.28 bits per heavy atom. The van der Waals surface area contributed by atoms with Crippen molar-refractivity contribution in [1.82, 2.24) is 10.1 Å². The van der Waals surface area contributed by atoms with Gasteiger partial charge in [0.05, 0.1) is 28.3 Å². The number of halogens is 1. The van der Waals surface area contributed by atoms with E-state index in [-0.39, 0.29) is 0 Å².